The first-order chi connectivity index (χ1) is 8.63. The van der Waals surface area contributed by atoms with Crippen LogP contribution in [0.1, 0.15) is 0 Å². The first kappa shape index (κ1) is 13.1. The highest BCUT2D eigenvalue weighted by molar-refractivity contribution is 7.78. The fraction of sp³-hybridized carbons (Fsp3) is 0.200. The third-order valence-corrected chi connectivity index (χ3v) is 6.06. The molecule has 3 heteroatoms. The predicted molar refractivity (Wildman–Crippen MR) is 78.3 cm³/mol. The summed E-state index contributed by atoms with van der Waals surface area (Å²) in [4.78, 5) is 1.99. The summed E-state index contributed by atoms with van der Waals surface area (Å²) < 4.78 is 13.4. The summed E-state index contributed by atoms with van der Waals surface area (Å²) in [5.74, 6) is 0. The fourth-order valence-electron chi connectivity index (χ4n) is 2.05. The zero-order valence-corrected chi connectivity index (χ0v) is 11.7. The molecule has 0 aliphatic carbocycles. The van der Waals surface area contributed by atoms with Crippen LogP contribution in [0.3, 0.4) is 0 Å². The van der Waals surface area contributed by atoms with Crippen LogP contribution in [0.5, 0.6) is 0 Å². The van der Waals surface area contributed by atoms with Crippen LogP contribution in [0.2, 0.25) is 0 Å². The fourth-order valence-corrected chi connectivity index (χ4v) is 4.78. The van der Waals surface area contributed by atoms with Crippen LogP contribution < -0.4 is 10.6 Å². The average Bonchev–Trinajstić information content (AvgIpc) is 2.40. The molecule has 18 heavy (non-hydrogen) atoms. The Labute approximate surface area is 109 Å². The molecule has 2 aromatic rings. The molecule has 2 aromatic carbocycles. The standard InChI is InChI=1S/C15H18NOP/c1-16(2)13-18(17,14-9-5-3-6-10-14)15-11-7-4-8-12-15/h3-12H,13H2,1-2H3. The van der Waals surface area contributed by atoms with E-state index in [2.05, 4.69) is 0 Å². The predicted octanol–water partition coefficient (Wildman–Crippen LogP) is 2.52. The quantitative estimate of drug-likeness (QED) is 0.786. The molecule has 0 radical (unpaired) electrons. The van der Waals surface area contributed by atoms with Crippen molar-refractivity contribution >= 4 is 17.8 Å². The summed E-state index contributed by atoms with van der Waals surface area (Å²) in [7, 11) is 1.36. The van der Waals surface area contributed by atoms with Crippen molar-refractivity contribution in [1.29, 1.82) is 0 Å². The molecule has 0 bridgehead atoms. The first-order valence-electron chi connectivity index (χ1n) is 5.98. The van der Waals surface area contributed by atoms with E-state index in [1.807, 2.05) is 79.7 Å². The van der Waals surface area contributed by atoms with Gasteiger partial charge in [-0.25, -0.2) is 0 Å². The minimum absolute atomic E-state index is 0.557. The summed E-state index contributed by atoms with van der Waals surface area (Å²) in [6.45, 7) is 0. The smallest absolute Gasteiger partial charge is 0.156 e. The van der Waals surface area contributed by atoms with Gasteiger partial charge in [-0.2, -0.15) is 0 Å². The van der Waals surface area contributed by atoms with E-state index in [9.17, 15) is 4.57 Å². The van der Waals surface area contributed by atoms with Crippen molar-refractivity contribution in [3.63, 3.8) is 0 Å². The summed E-state index contributed by atoms with van der Waals surface area (Å²) >= 11 is 0. The summed E-state index contributed by atoms with van der Waals surface area (Å²) in [6.07, 6.45) is 0.557. The van der Waals surface area contributed by atoms with E-state index in [0.29, 0.717) is 6.29 Å². The van der Waals surface area contributed by atoms with Gasteiger partial charge in [0, 0.05) is 10.6 Å². The van der Waals surface area contributed by atoms with Crippen LogP contribution in [0.15, 0.2) is 60.7 Å². The van der Waals surface area contributed by atoms with Crippen LogP contribution >= 0.6 is 7.14 Å². The van der Waals surface area contributed by atoms with E-state index in [-0.39, 0.29) is 0 Å². The van der Waals surface area contributed by atoms with Gasteiger partial charge in [-0.05, 0) is 14.1 Å². The van der Waals surface area contributed by atoms with Crippen molar-refractivity contribution in [2.75, 3.05) is 20.4 Å². The van der Waals surface area contributed by atoms with Gasteiger partial charge in [-0.15, -0.1) is 0 Å². The lowest BCUT2D eigenvalue weighted by Gasteiger charge is -2.22. The third-order valence-electron chi connectivity index (χ3n) is 2.83. The SMILES string of the molecule is CN(C)CP(=O)(c1ccccc1)c1ccccc1. The van der Waals surface area contributed by atoms with Gasteiger partial charge in [0.05, 0.1) is 6.29 Å². The van der Waals surface area contributed by atoms with Crippen molar-refractivity contribution < 1.29 is 4.57 Å². The maximum absolute atomic E-state index is 13.4. The lowest BCUT2D eigenvalue weighted by Crippen LogP contribution is -2.25. The number of rotatable bonds is 4. The highest BCUT2D eigenvalue weighted by Gasteiger charge is 2.27. The molecule has 0 unspecified atom stereocenters. The van der Waals surface area contributed by atoms with E-state index < -0.39 is 7.14 Å². The zero-order valence-electron chi connectivity index (χ0n) is 10.8. The van der Waals surface area contributed by atoms with Gasteiger partial charge in [0.1, 0.15) is 0 Å². The molecule has 0 atom stereocenters. The van der Waals surface area contributed by atoms with Gasteiger partial charge in [-0.3, -0.25) is 0 Å². The second kappa shape index (κ2) is 5.51. The second-order valence-electron chi connectivity index (χ2n) is 4.63. The molecule has 0 saturated heterocycles. The Morgan fingerprint density at radius 3 is 1.56 bits per heavy atom. The Balaban J connectivity index is 2.52. The molecular weight excluding hydrogens is 241 g/mol. The van der Waals surface area contributed by atoms with Crippen LogP contribution in [-0.2, 0) is 4.57 Å². The number of hydrogen-bond donors (Lipinski definition) is 0. The van der Waals surface area contributed by atoms with Gasteiger partial charge in [0.2, 0.25) is 0 Å². The van der Waals surface area contributed by atoms with Crippen LogP contribution in [-0.4, -0.2) is 25.3 Å². The highest BCUT2D eigenvalue weighted by Crippen LogP contribution is 2.43. The molecule has 0 N–H and O–H groups in total. The first-order valence-corrected chi connectivity index (χ1v) is 7.87. The topological polar surface area (TPSA) is 20.3 Å². The number of hydrogen-bond acceptors (Lipinski definition) is 2. The maximum atomic E-state index is 13.4. The van der Waals surface area contributed by atoms with E-state index >= 15 is 0 Å². The zero-order chi connectivity index (χ0) is 13.0. The van der Waals surface area contributed by atoms with E-state index in [4.69, 9.17) is 0 Å². The van der Waals surface area contributed by atoms with E-state index in [1.165, 1.54) is 0 Å². The molecule has 94 valence electrons. The molecule has 0 spiro atoms. The highest BCUT2D eigenvalue weighted by atomic mass is 31.2. The van der Waals surface area contributed by atoms with E-state index in [0.717, 1.165) is 10.6 Å². The summed E-state index contributed by atoms with van der Waals surface area (Å²) in [5.41, 5.74) is 0. The Morgan fingerprint density at radius 2 is 1.22 bits per heavy atom. The lowest BCUT2D eigenvalue weighted by atomic mass is 10.4. The molecule has 2 nitrogen and oxygen atoms in total. The van der Waals surface area contributed by atoms with Crippen molar-refractivity contribution in [2.24, 2.45) is 0 Å². The van der Waals surface area contributed by atoms with Crippen LogP contribution in [0.25, 0.3) is 0 Å². The van der Waals surface area contributed by atoms with Gasteiger partial charge in [-0.1, -0.05) is 60.7 Å². The number of benzene rings is 2. The molecular formula is C15H18NOP. The Morgan fingerprint density at radius 1 is 0.833 bits per heavy atom. The second-order valence-corrected chi connectivity index (χ2v) is 7.43. The van der Waals surface area contributed by atoms with Crippen LogP contribution in [0.4, 0.5) is 0 Å². The average molecular weight is 259 g/mol. The number of nitrogens with zero attached hydrogens (tertiary/aromatic N) is 1. The molecule has 0 aromatic heterocycles. The molecule has 0 aliphatic heterocycles. The van der Waals surface area contributed by atoms with E-state index in [1.54, 1.807) is 0 Å². The van der Waals surface area contributed by atoms with Gasteiger partial charge >= 0.3 is 0 Å². The van der Waals surface area contributed by atoms with Crippen LogP contribution in [0, 0.1) is 0 Å². The Kier molecular flexibility index (Phi) is 4.00. The Hall–Kier alpha value is -1.37. The van der Waals surface area contributed by atoms with Crippen molar-refractivity contribution in [3.8, 4) is 0 Å². The van der Waals surface area contributed by atoms with Gasteiger partial charge in [0.25, 0.3) is 0 Å². The minimum Gasteiger partial charge on any atom is -0.312 e. The molecule has 0 fully saturated rings. The van der Waals surface area contributed by atoms with Crippen molar-refractivity contribution in [1.82, 2.24) is 4.90 Å². The van der Waals surface area contributed by atoms with Crippen molar-refractivity contribution in [2.45, 2.75) is 0 Å². The molecule has 0 aliphatic rings. The lowest BCUT2D eigenvalue weighted by molar-refractivity contribution is 0.467. The molecule has 2 rings (SSSR count). The van der Waals surface area contributed by atoms with Crippen molar-refractivity contribution in [3.05, 3.63) is 60.7 Å². The summed E-state index contributed by atoms with van der Waals surface area (Å²) in [5, 5.41) is 1.84. The molecule has 0 heterocycles. The normalized spacial score (nSPS) is 11.7. The van der Waals surface area contributed by atoms with Gasteiger partial charge < -0.3 is 9.46 Å². The molecule has 0 amide bonds. The summed E-state index contributed by atoms with van der Waals surface area (Å²) in [6, 6.07) is 19.5. The third kappa shape index (κ3) is 2.72. The molecule has 0 saturated carbocycles. The van der Waals surface area contributed by atoms with Gasteiger partial charge in [0.15, 0.2) is 7.14 Å². The minimum atomic E-state index is -2.55. The Bertz CT molecular complexity index is 493. The largest absolute Gasteiger partial charge is 0.312 e. The monoisotopic (exact) mass is 259 g/mol. The maximum Gasteiger partial charge on any atom is 0.156 e.